The lowest BCUT2D eigenvalue weighted by molar-refractivity contribution is -0.133. The smallest absolute Gasteiger partial charge is 0.244 e. The second kappa shape index (κ2) is 4.06. The number of rotatable bonds is 4. The molecule has 2 aliphatic carbocycles. The van der Waals surface area contributed by atoms with E-state index < -0.39 is 0 Å². The summed E-state index contributed by atoms with van der Waals surface area (Å²) in [6, 6.07) is 2.51. The van der Waals surface area contributed by atoms with E-state index in [2.05, 4.69) is 34.0 Å². The number of carbonyl (C=O) groups excluding carboxylic acids is 1. The summed E-state index contributed by atoms with van der Waals surface area (Å²) in [6.45, 7) is 2.22. The molecule has 1 amide bonds. The Labute approximate surface area is 118 Å². The maximum atomic E-state index is 12.7. The average molecular weight is 276 g/mol. The van der Waals surface area contributed by atoms with Gasteiger partial charge in [0.25, 0.3) is 0 Å². The first-order chi connectivity index (χ1) is 9.20. The highest BCUT2D eigenvalue weighted by Crippen LogP contribution is 2.48. The monoisotopic (exact) mass is 276 g/mol. The van der Waals surface area contributed by atoms with Gasteiger partial charge in [-0.3, -0.25) is 10.1 Å². The third kappa shape index (κ3) is 1.93. The quantitative estimate of drug-likeness (QED) is 0.917. The molecule has 1 N–H and O–H groups in total. The van der Waals surface area contributed by atoms with Crippen molar-refractivity contribution in [1.29, 1.82) is 0 Å². The van der Waals surface area contributed by atoms with Gasteiger partial charge in [0.2, 0.25) is 5.91 Å². The highest BCUT2D eigenvalue weighted by atomic mass is 32.1. The van der Waals surface area contributed by atoms with Crippen molar-refractivity contribution >= 4 is 17.2 Å². The van der Waals surface area contributed by atoms with Gasteiger partial charge in [-0.2, -0.15) is 11.3 Å². The number of amides is 1. The van der Waals surface area contributed by atoms with Crippen molar-refractivity contribution in [2.75, 3.05) is 0 Å². The fourth-order valence-electron chi connectivity index (χ4n) is 3.32. The van der Waals surface area contributed by atoms with E-state index in [1.165, 1.54) is 24.8 Å². The lowest BCUT2D eigenvalue weighted by Crippen LogP contribution is -2.39. The van der Waals surface area contributed by atoms with Gasteiger partial charge in [0.15, 0.2) is 0 Å². The lowest BCUT2D eigenvalue weighted by atomic mass is 10.1. The molecule has 1 spiro atoms. The summed E-state index contributed by atoms with van der Waals surface area (Å²) < 4.78 is 0. The van der Waals surface area contributed by atoms with Crippen molar-refractivity contribution in [2.24, 2.45) is 5.92 Å². The molecule has 3 nitrogen and oxygen atoms in total. The molecule has 1 saturated heterocycles. The fraction of sp³-hybridized carbons (Fsp3) is 0.667. The molecule has 0 radical (unpaired) electrons. The molecule has 19 heavy (non-hydrogen) atoms. The molecule has 2 atom stereocenters. The average Bonchev–Trinajstić information content (AvgIpc) is 3.27. The Morgan fingerprint density at radius 2 is 2.32 bits per heavy atom. The van der Waals surface area contributed by atoms with Gasteiger partial charge in [-0.15, -0.1) is 0 Å². The molecule has 2 heterocycles. The van der Waals surface area contributed by atoms with E-state index in [9.17, 15) is 4.79 Å². The van der Waals surface area contributed by atoms with Crippen molar-refractivity contribution in [3.05, 3.63) is 22.4 Å². The molecule has 1 aromatic rings. The maximum absolute atomic E-state index is 12.7. The van der Waals surface area contributed by atoms with E-state index in [0.717, 1.165) is 18.8 Å². The van der Waals surface area contributed by atoms with E-state index in [1.54, 1.807) is 11.3 Å². The van der Waals surface area contributed by atoms with Crippen LogP contribution in [-0.4, -0.2) is 22.4 Å². The molecular formula is C15H20N2OS. The van der Waals surface area contributed by atoms with Crippen molar-refractivity contribution < 1.29 is 4.79 Å². The van der Waals surface area contributed by atoms with Crippen LogP contribution in [0.5, 0.6) is 0 Å². The lowest BCUT2D eigenvalue weighted by Gasteiger charge is -2.30. The molecular weight excluding hydrogens is 256 g/mol. The molecule has 3 fully saturated rings. The zero-order valence-electron chi connectivity index (χ0n) is 11.3. The standard InChI is InChI=1S/C15H20N2OS/c1-10(8-11-2-3-11)17-13(12-4-7-19-9-12)16-15(5-6-15)14(17)18/h4,7,9-11,13,16H,2-3,5-6,8H2,1H3. The zero-order valence-corrected chi connectivity index (χ0v) is 12.1. The summed E-state index contributed by atoms with van der Waals surface area (Å²) >= 11 is 1.71. The molecule has 3 aliphatic rings. The van der Waals surface area contributed by atoms with Gasteiger partial charge in [-0.1, -0.05) is 12.8 Å². The number of thiophene rings is 1. The van der Waals surface area contributed by atoms with E-state index >= 15 is 0 Å². The second-order valence-corrected chi connectivity index (χ2v) is 7.21. The number of hydrogen-bond acceptors (Lipinski definition) is 3. The Morgan fingerprint density at radius 3 is 2.89 bits per heavy atom. The first kappa shape index (κ1) is 11.9. The number of carbonyl (C=O) groups is 1. The first-order valence-corrected chi connectivity index (χ1v) is 8.26. The summed E-state index contributed by atoms with van der Waals surface area (Å²) in [6.07, 6.45) is 6.01. The predicted molar refractivity (Wildman–Crippen MR) is 75.8 cm³/mol. The van der Waals surface area contributed by atoms with E-state index in [1.807, 2.05) is 0 Å². The normalized spacial score (nSPS) is 30.1. The number of nitrogens with one attached hydrogen (secondary N) is 1. The Hall–Kier alpha value is -0.870. The van der Waals surface area contributed by atoms with Gasteiger partial charge in [-0.25, -0.2) is 0 Å². The third-order valence-electron chi connectivity index (χ3n) is 4.79. The van der Waals surface area contributed by atoms with Gasteiger partial charge >= 0.3 is 0 Å². The Balaban J connectivity index is 1.61. The summed E-state index contributed by atoms with van der Waals surface area (Å²) in [4.78, 5) is 14.8. The van der Waals surface area contributed by atoms with Crippen LogP contribution in [0.3, 0.4) is 0 Å². The van der Waals surface area contributed by atoms with Crippen LogP contribution < -0.4 is 5.32 Å². The van der Waals surface area contributed by atoms with Crippen LogP contribution in [0, 0.1) is 5.92 Å². The highest BCUT2D eigenvalue weighted by Gasteiger charge is 2.60. The van der Waals surface area contributed by atoms with Crippen LogP contribution in [-0.2, 0) is 4.79 Å². The summed E-state index contributed by atoms with van der Waals surface area (Å²) in [7, 11) is 0. The van der Waals surface area contributed by atoms with Crippen LogP contribution in [0.4, 0.5) is 0 Å². The minimum atomic E-state index is -0.204. The molecule has 4 rings (SSSR count). The second-order valence-electron chi connectivity index (χ2n) is 6.43. The highest BCUT2D eigenvalue weighted by molar-refractivity contribution is 7.07. The topological polar surface area (TPSA) is 32.3 Å². The van der Waals surface area contributed by atoms with Crippen molar-refractivity contribution in [2.45, 2.75) is 56.8 Å². The molecule has 2 saturated carbocycles. The van der Waals surface area contributed by atoms with Gasteiger partial charge in [0.1, 0.15) is 11.7 Å². The Morgan fingerprint density at radius 1 is 1.53 bits per heavy atom. The molecule has 0 bridgehead atoms. The summed E-state index contributed by atoms with van der Waals surface area (Å²) in [5.41, 5.74) is 1.05. The SMILES string of the molecule is CC(CC1CC1)N1C(=O)C2(CC2)NC1c1ccsc1. The Bertz CT molecular complexity index is 490. The summed E-state index contributed by atoms with van der Waals surface area (Å²) in [5.74, 6) is 1.21. The van der Waals surface area contributed by atoms with Crippen LogP contribution in [0.1, 0.15) is 50.8 Å². The Kier molecular flexibility index (Phi) is 2.55. The molecule has 1 aliphatic heterocycles. The van der Waals surface area contributed by atoms with Crippen LogP contribution in [0.15, 0.2) is 16.8 Å². The number of nitrogens with zero attached hydrogens (tertiary/aromatic N) is 1. The molecule has 102 valence electrons. The van der Waals surface area contributed by atoms with E-state index in [4.69, 9.17) is 0 Å². The number of hydrogen-bond donors (Lipinski definition) is 1. The van der Waals surface area contributed by atoms with Crippen molar-refractivity contribution in [1.82, 2.24) is 10.2 Å². The first-order valence-electron chi connectivity index (χ1n) is 7.32. The van der Waals surface area contributed by atoms with Crippen molar-refractivity contribution in [3.63, 3.8) is 0 Å². The molecule has 1 aromatic heterocycles. The zero-order chi connectivity index (χ0) is 13.0. The van der Waals surface area contributed by atoms with Crippen LogP contribution >= 0.6 is 11.3 Å². The minimum Gasteiger partial charge on any atom is -0.319 e. The summed E-state index contributed by atoms with van der Waals surface area (Å²) in [5, 5.41) is 7.87. The van der Waals surface area contributed by atoms with E-state index in [-0.39, 0.29) is 11.7 Å². The fourth-order valence-corrected chi connectivity index (χ4v) is 4.00. The largest absolute Gasteiger partial charge is 0.319 e. The minimum absolute atomic E-state index is 0.106. The molecule has 0 aromatic carbocycles. The van der Waals surface area contributed by atoms with Crippen LogP contribution in [0.2, 0.25) is 0 Å². The van der Waals surface area contributed by atoms with Gasteiger partial charge in [-0.05, 0) is 54.5 Å². The van der Waals surface area contributed by atoms with Gasteiger partial charge in [0.05, 0.1) is 0 Å². The van der Waals surface area contributed by atoms with Crippen LogP contribution in [0.25, 0.3) is 0 Å². The van der Waals surface area contributed by atoms with E-state index in [0.29, 0.717) is 11.9 Å². The molecule has 2 unspecified atom stereocenters. The maximum Gasteiger partial charge on any atom is 0.244 e. The third-order valence-corrected chi connectivity index (χ3v) is 5.49. The van der Waals surface area contributed by atoms with Crippen molar-refractivity contribution in [3.8, 4) is 0 Å². The van der Waals surface area contributed by atoms with Gasteiger partial charge < -0.3 is 4.90 Å². The molecule has 4 heteroatoms. The van der Waals surface area contributed by atoms with Gasteiger partial charge in [0, 0.05) is 6.04 Å². The predicted octanol–water partition coefficient (Wildman–Crippen LogP) is 2.90.